The Labute approximate surface area is 158 Å². The summed E-state index contributed by atoms with van der Waals surface area (Å²) in [6.45, 7) is 2.06. The third-order valence-electron chi connectivity index (χ3n) is 4.16. The van der Waals surface area contributed by atoms with E-state index < -0.39 is 0 Å². The molecule has 0 unspecified atom stereocenters. The normalized spacial score (nSPS) is 10.3. The zero-order valence-corrected chi connectivity index (χ0v) is 15.3. The largest absolute Gasteiger partial charge is 0.340 e. The number of nitrogens with one attached hydrogen (secondary N) is 1. The first-order chi connectivity index (χ1) is 13.0. The van der Waals surface area contributed by atoms with Gasteiger partial charge in [0.25, 0.3) is 5.91 Å². The van der Waals surface area contributed by atoms with E-state index in [-0.39, 0.29) is 11.7 Å². The van der Waals surface area contributed by atoms with Crippen LogP contribution in [0.1, 0.15) is 33.2 Å². The fourth-order valence-corrected chi connectivity index (χ4v) is 2.75. The van der Waals surface area contributed by atoms with Crippen LogP contribution in [-0.4, -0.2) is 28.6 Å². The maximum Gasteiger partial charge on any atom is 0.254 e. The highest BCUT2D eigenvalue weighted by atomic mass is 16.2. The summed E-state index contributed by atoms with van der Waals surface area (Å²) >= 11 is 0. The third kappa shape index (κ3) is 4.79. The number of nitrogens with zero attached hydrogens (tertiary/aromatic N) is 2. The zero-order valence-electron chi connectivity index (χ0n) is 15.3. The van der Waals surface area contributed by atoms with Gasteiger partial charge in [0.05, 0.1) is 0 Å². The van der Waals surface area contributed by atoms with Crippen LogP contribution in [0, 0.1) is 0 Å². The van der Waals surface area contributed by atoms with Gasteiger partial charge >= 0.3 is 0 Å². The van der Waals surface area contributed by atoms with Gasteiger partial charge in [-0.1, -0.05) is 42.5 Å². The number of carbonyl (C=O) groups excluding carboxylic acids is 2. The van der Waals surface area contributed by atoms with Crippen molar-refractivity contribution in [3.8, 4) is 0 Å². The van der Waals surface area contributed by atoms with Gasteiger partial charge in [-0.25, -0.2) is 4.98 Å². The monoisotopic (exact) mass is 359 g/mol. The fraction of sp³-hybridized carbons (Fsp3) is 0.136. The molecule has 0 aliphatic heterocycles. The summed E-state index contributed by atoms with van der Waals surface area (Å²) in [4.78, 5) is 30.2. The van der Waals surface area contributed by atoms with Crippen molar-refractivity contribution in [2.24, 2.45) is 0 Å². The lowest BCUT2D eigenvalue weighted by atomic mass is 10.1. The minimum absolute atomic E-state index is 0.00178. The number of amides is 1. The summed E-state index contributed by atoms with van der Waals surface area (Å²) in [7, 11) is 1.78. The first-order valence-electron chi connectivity index (χ1n) is 8.66. The molecule has 0 bridgehead atoms. The molecule has 27 heavy (non-hydrogen) atoms. The maximum atomic E-state index is 12.7. The van der Waals surface area contributed by atoms with Crippen molar-refractivity contribution in [2.75, 3.05) is 12.4 Å². The minimum Gasteiger partial charge on any atom is -0.340 e. The van der Waals surface area contributed by atoms with E-state index >= 15 is 0 Å². The van der Waals surface area contributed by atoms with Gasteiger partial charge in [-0.3, -0.25) is 9.59 Å². The van der Waals surface area contributed by atoms with Gasteiger partial charge in [0, 0.05) is 36.6 Å². The number of anilines is 2. The van der Waals surface area contributed by atoms with Crippen molar-refractivity contribution in [3.05, 3.63) is 89.6 Å². The van der Waals surface area contributed by atoms with Crippen LogP contribution in [0.15, 0.2) is 72.9 Å². The van der Waals surface area contributed by atoms with Gasteiger partial charge in [-0.05, 0) is 36.8 Å². The van der Waals surface area contributed by atoms with Crippen molar-refractivity contribution >= 4 is 23.2 Å². The highest BCUT2D eigenvalue weighted by molar-refractivity contribution is 5.96. The number of aromatic nitrogens is 1. The molecule has 0 saturated heterocycles. The van der Waals surface area contributed by atoms with E-state index in [2.05, 4.69) is 10.3 Å². The Morgan fingerprint density at radius 2 is 1.74 bits per heavy atom. The third-order valence-corrected chi connectivity index (χ3v) is 4.16. The second-order valence-electron chi connectivity index (χ2n) is 6.34. The van der Waals surface area contributed by atoms with Gasteiger partial charge in [-0.15, -0.1) is 0 Å². The number of Topliss-reactive ketones (excluding diaryl/α,β-unsaturated/α-hetero) is 1. The second-order valence-corrected chi connectivity index (χ2v) is 6.34. The highest BCUT2D eigenvalue weighted by Gasteiger charge is 2.13. The number of hydrogen-bond acceptors (Lipinski definition) is 4. The van der Waals surface area contributed by atoms with E-state index in [1.807, 2.05) is 42.5 Å². The predicted molar refractivity (Wildman–Crippen MR) is 106 cm³/mol. The number of hydrogen-bond donors (Lipinski definition) is 1. The van der Waals surface area contributed by atoms with Gasteiger partial charge in [0.1, 0.15) is 5.82 Å². The molecule has 2 aromatic carbocycles. The number of ketones is 1. The summed E-state index contributed by atoms with van der Waals surface area (Å²) in [5.74, 6) is 0.467. The molecule has 0 atom stereocenters. The van der Waals surface area contributed by atoms with E-state index in [4.69, 9.17) is 0 Å². The molecular weight excluding hydrogens is 338 g/mol. The Balaban J connectivity index is 1.74. The zero-order chi connectivity index (χ0) is 19.2. The molecule has 136 valence electrons. The van der Waals surface area contributed by atoms with Crippen LogP contribution in [0.2, 0.25) is 0 Å². The molecule has 0 fully saturated rings. The van der Waals surface area contributed by atoms with E-state index in [1.54, 1.807) is 42.4 Å². The molecule has 3 rings (SSSR count). The van der Waals surface area contributed by atoms with E-state index in [1.165, 1.54) is 6.92 Å². The Bertz CT molecular complexity index is 955. The summed E-state index contributed by atoms with van der Waals surface area (Å²) in [5, 5.41) is 3.15. The SMILES string of the molecule is CC(=O)c1cccc(Nc2cc(C(=O)N(C)Cc3ccccc3)ccn2)c1. The Hall–Kier alpha value is -3.47. The Morgan fingerprint density at radius 1 is 0.963 bits per heavy atom. The minimum atomic E-state index is -0.0817. The molecule has 5 nitrogen and oxygen atoms in total. The molecule has 0 spiro atoms. The molecule has 5 heteroatoms. The predicted octanol–water partition coefficient (Wildman–Crippen LogP) is 4.30. The van der Waals surface area contributed by atoms with E-state index in [9.17, 15) is 9.59 Å². The number of pyridine rings is 1. The Kier molecular flexibility index (Phi) is 5.61. The van der Waals surface area contributed by atoms with Gasteiger partial charge in [0.2, 0.25) is 0 Å². The quantitative estimate of drug-likeness (QED) is 0.667. The molecule has 1 heterocycles. The summed E-state index contributed by atoms with van der Waals surface area (Å²) < 4.78 is 0. The van der Waals surface area contributed by atoms with E-state index in [0.717, 1.165) is 11.3 Å². The van der Waals surface area contributed by atoms with Gasteiger partial charge in [0.15, 0.2) is 5.78 Å². The van der Waals surface area contributed by atoms with Gasteiger partial charge < -0.3 is 10.2 Å². The van der Waals surface area contributed by atoms with Crippen LogP contribution in [-0.2, 0) is 6.54 Å². The molecule has 0 radical (unpaired) electrons. The molecule has 1 amide bonds. The first-order valence-corrected chi connectivity index (χ1v) is 8.66. The maximum absolute atomic E-state index is 12.7. The highest BCUT2D eigenvalue weighted by Crippen LogP contribution is 2.18. The lowest BCUT2D eigenvalue weighted by Gasteiger charge is -2.17. The standard InChI is InChI=1S/C22H21N3O2/c1-16(26)18-9-6-10-20(13-18)24-21-14-19(11-12-23-21)22(27)25(2)15-17-7-4-3-5-8-17/h3-14H,15H2,1-2H3,(H,23,24). The summed E-state index contributed by atoms with van der Waals surface area (Å²) in [6.07, 6.45) is 1.60. The van der Waals surface area contributed by atoms with Crippen molar-refractivity contribution in [2.45, 2.75) is 13.5 Å². The molecule has 3 aromatic rings. The van der Waals surface area contributed by atoms with Crippen LogP contribution in [0.5, 0.6) is 0 Å². The van der Waals surface area contributed by atoms with Crippen LogP contribution < -0.4 is 5.32 Å². The molecule has 1 N–H and O–H groups in total. The van der Waals surface area contributed by atoms with Crippen molar-refractivity contribution in [3.63, 3.8) is 0 Å². The molecular formula is C22H21N3O2. The lowest BCUT2D eigenvalue weighted by molar-refractivity contribution is 0.0785. The molecule has 0 aliphatic rings. The Morgan fingerprint density at radius 3 is 2.48 bits per heavy atom. The topological polar surface area (TPSA) is 62.3 Å². The van der Waals surface area contributed by atoms with Crippen molar-refractivity contribution < 1.29 is 9.59 Å². The number of carbonyl (C=O) groups is 2. The lowest BCUT2D eigenvalue weighted by Crippen LogP contribution is -2.26. The smallest absolute Gasteiger partial charge is 0.254 e. The van der Waals surface area contributed by atoms with Crippen LogP contribution in [0.3, 0.4) is 0 Å². The number of benzene rings is 2. The molecule has 0 aliphatic carbocycles. The molecule has 0 saturated carbocycles. The summed E-state index contributed by atoms with van der Waals surface area (Å²) in [5.41, 5.74) is 2.99. The molecule has 1 aromatic heterocycles. The average Bonchev–Trinajstić information content (AvgIpc) is 2.68. The summed E-state index contributed by atoms with van der Waals surface area (Å²) in [6, 6.07) is 20.4. The average molecular weight is 359 g/mol. The second kappa shape index (κ2) is 8.27. The van der Waals surface area contributed by atoms with Crippen LogP contribution >= 0.6 is 0 Å². The van der Waals surface area contributed by atoms with E-state index in [0.29, 0.717) is 23.5 Å². The van der Waals surface area contributed by atoms with Crippen LogP contribution in [0.4, 0.5) is 11.5 Å². The van der Waals surface area contributed by atoms with Crippen molar-refractivity contribution in [1.29, 1.82) is 0 Å². The fourth-order valence-electron chi connectivity index (χ4n) is 2.75. The van der Waals surface area contributed by atoms with Crippen LogP contribution in [0.25, 0.3) is 0 Å². The number of rotatable bonds is 6. The first kappa shape index (κ1) is 18.3. The van der Waals surface area contributed by atoms with Gasteiger partial charge in [-0.2, -0.15) is 0 Å². The van der Waals surface area contributed by atoms with Crippen molar-refractivity contribution in [1.82, 2.24) is 9.88 Å².